The first kappa shape index (κ1) is 20.8. The Hall–Kier alpha value is -0.553. The fourth-order valence-electron chi connectivity index (χ4n) is 3.11. The molecule has 0 aliphatic carbocycles. The molecule has 0 bridgehead atoms. The minimum atomic E-state index is -1.66. The molecular weight excluding hydrogens is 350 g/mol. The molecule has 2 rings (SSSR count). The van der Waals surface area contributed by atoms with Crippen LogP contribution in [0.25, 0.3) is 0 Å². The Bertz CT molecular complexity index is 596. The highest BCUT2D eigenvalue weighted by Crippen LogP contribution is 2.38. The summed E-state index contributed by atoms with van der Waals surface area (Å²) in [6.45, 7) is 16.1. The van der Waals surface area contributed by atoms with Gasteiger partial charge in [0.25, 0.3) is 0 Å². The molecule has 5 heteroatoms. The summed E-state index contributed by atoms with van der Waals surface area (Å²) >= 11 is 6.55. The summed E-state index contributed by atoms with van der Waals surface area (Å²) in [4.78, 5) is 2.39. The zero-order valence-electron chi connectivity index (χ0n) is 16.7. The number of anilines is 1. The molecule has 1 aliphatic rings. The van der Waals surface area contributed by atoms with Crippen molar-refractivity contribution in [3.63, 3.8) is 0 Å². The maximum atomic E-state index is 9.60. The van der Waals surface area contributed by atoms with Gasteiger partial charge in [-0.05, 0) is 61.5 Å². The number of hydrogen-bond donors (Lipinski definition) is 1. The third-order valence-electron chi connectivity index (χ3n) is 5.54. The SMILES string of the molecule is C[C@H](O)Cc1cc(Cl)c2c(c1)CCN2CCCO[Si](C)(C)C(C)(C)C. The van der Waals surface area contributed by atoms with Gasteiger partial charge in [-0.2, -0.15) is 0 Å². The minimum absolute atomic E-state index is 0.261. The first-order valence-corrected chi connectivity index (χ1v) is 12.7. The quantitative estimate of drug-likeness (QED) is 0.529. The smallest absolute Gasteiger partial charge is 0.191 e. The summed E-state index contributed by atoms with van der Waals surface area (Å²) in [6.07, 6.45) is 2.38. The van der Waals surface area contributed by atoms with E-state index < -0.39 is 8.32 Å². The molecule has 3 nitrogen and oxygen atoms in total. The lowest BCUT2D eigenvalue weighted by Gasteiger charge is -2.36. The number of aliphatic hydroxyl groups is 1. The van der Waals surface area contributed by atoms with Gasteiger partial charge in [0.2, 0.25) is 0 Å². The van der Waals surface area contributed by atoms with E-state index in [1.807, 2.05) is 13.0 Å². The summed E-state index contributed by atoms with van der Waals surface area (Å²) in [5.41, 5.74) is 3.62. The van der Waals surface area contributed by atoms with Crippen molar-refractivity contribution < 1.29 is 9.53 Å². The molecule has 25 heavy (non-hydrogen) atoms. The third-order valence-corrected chi connectivity index (χ3v) is 10.4. The molecule has 0 amide bonds. The Morgan fingerprint density at radius 3 is 2.60 bits per heavy atom. The van der Waals surface area contributed by atoms with Crippen molar-refractivity contribution in [3.8, 4) is 0 Å². The molecule has 1 aliphatic heterocycles. The van der Waals surface area contributed by atoms with Crippen molar-refractivity contribution in [2.75, 3.05) is 24.6 Å². The largest absolute Gasteiger partial charge is 0.417 e. The van der Waals surface area contributed by atoms with Crippen molar-refractivity contribution in [3.05, 3.63) is 28.3 Å². The van der Waals surface area contributed by atoms with Crippen LogP contribution in [0.3, 0.4) is 0 Å². The van der Waals surface area contributed by atoms with Gasteiger partial charge < -0.3 is 14.4 Å². The topological polar surface area (TPSA) is 32.7 Å². The Kier molecular flexibility index (Phi) is 6.64. The molecule has 0 aromatic heterocycles. The summed E-state index contributed by atoms with van der Waals surface area (Å²) in [5.74, 6) is 0. The molecule has 0 fully saturated rings. The van der Waals surface area contributed by atoms with Gasteiger partial charge in [-0.3, -0.25) is 0 Å². The Morgan fingerprint density at radius 1 is 1.32 bits per heavy atom. The van der Waals surface area contributed by atoms with Crippen LogP contribution in [-0.2, 0) is 17.3 Å². The molecule has 142 valence electrons. The first-order chi connectivity index (χ1) is 11.5. The Balaban J connectivity index is 1.93. The van der Waals surface area contributed by atoms with E-state index in [9.17, 15) is 5.11 Å². The lowest BCUT2D eigenvalue weighted by Crippen LogP contribution is -2.41. The number of benzene rings is 1. The predicted octanol–water partition coefficient (Wildman–Crippen LogP) is 5.04. The van der Waals surface area contributed by atoms with Crippen LogP contribution in [0.4, 0.5) is 5.69 Å². The molecule has 1 heterocycles. The third kappa shape index (κ3) is 5.22. The number of rotatable bonds is 7. The van der Waals surface area contributed by atoms with Crippen LogP contribution in [0, 0.1) is 0 Å². The Labute approximate surface area is 159 Å². The van der Waals surface area contributed by atoms with Gasteiger partial charge in [-0.1, -0.05) is 38.4 Å². The van der Waals surface area contributed by atoms with E-state index in [0.717, 1.165) is 43.1 Å². The van der Waals surface area contributed by atoms with Crippen LogP contribution in [0.5, 0.6) is 0 Å². The van der Waals surface area contributed by atoms with E-state index in [4.69, 9.17) is 16.0 Å². The van der Waals surface area contributed by atoms with Crippen molar-refractivity contribution in [1.29, 1.82) is 0 Å². The normalized spacial score (nSPS) is 16.2. The monoisotopic (exact) mass is 383 g/mol. The zero-order valence-corrected chi connectivity index (χ0v) is 18.4. The van der Waals surface area contributed by atoms with Crippen LogP contribution in [0.2, 0.25) is 23.2 Å². The fourth-order valence-corrected chi connectivity index (χ4v) is 4.58. The lowest BCUT2D eigenvalue weighted by molar-refractivity contribution is 0.195. The number of fused-ring (bicyclic) bond motifs is 1. The summed E-state index contributed by atoms with van der Waals surface area (Å²) < 4.78 is 6.29. The molecule has 0 unspecified atom stereocenters. The van der Waals surface area contributed by atoms with Gasteiger partial charge in [0.15, 0.2) is 8.32 Å². The van der Waals surface area contributed by atoms with Crippen LogP contribution in [0.1, 0.15) is 45.2 Å². The van der Waals surface area contributed by atoms with Gasteiger partial charge in [0.1, 0.15) is 0 Å². The standard InChI is InChI=1S/C20H34ClNO2Si/c1-15(23)12-16-13-17-8-10-22(19(17)18(21)14-16)9-7-11-24-25(5,6)20(2,3)4/h13-15,23H,7-12H2,1-6H3/t15-/m0/s1. The highest BCUT2D eigenvalue weighted by Gasteiger charge is 2.36. The predicted molar refractivity (Wildman–Crippen MR) is 111 cm³/mol. The fraction of sp³-hybridized carbons (Fsp3) is 0.700. The van der Waals surface area contributed by atoms with E-state index in [1.165, 1.54) is 11.3 Å². The highest BCUT2D eigenvalue weighted by molar-refractivity contribution is 6.74. The second-order valence-electron chi connectivity index (χ2n) is 8.84. The van der Waals surface area contributed by atoms with Crippen LogP contribution < -0.4 is 4.90 Å². The molecule has 1 N–H and O–H groups in total. The van der Waals surface area contributed by atoms with E-state index in [-0.39, 0.29) is 11.1 Å². The first-order valence-electron chi connectivity index (χ1n) is 9.39. The van der Waals surface area contributed by atoms with E-state index in [2.05, 4.69) is 44.8 Å². The van der Waals surface area contributed by atoms with Gasteiger partial charge >= 0.3 is 0 Å². The molecule has 0 saturated carbocycles. The minimum Gasteiger partial charge on any atom is -0.417 e. The van der Waals surface area contributed by atoms with Crippen molar-refractivity contribution in [1.82, 2.24) is 0 Å². The lowest BCUT2D eigenvalue weighted by atomic mass is 10.0. The average molecular weight is 384 g/mol. The molecule has 1 aromatic rings. The summed E-state index contributed by atoms with van der Waals surface area (Å²) in [5, 5.41) is 10.7. The number of hydrogen-bond acceptors (Lipinski definition) is 3. The van der Waals surface area contributed by atoms with Crippen molar-refractivity contribution in [2.45, 2.75) is 71.2 Å². The summed E-state index contributed by atoms with van der Waals surface area (Å²) in [7, 11) is -1.66. The molecule has 1 aromatic carbocycles. The van der Waals surface area contributed by atoms with Gasteiger partial charge in [0, 0.05) is 19.7 Å². The van der Waals surface area contributed by atoms with Crippen LogP contribution >= 0.6 is 11.6 Å². The maximum Gasteiger partial charge on any atom is 0.191 e. The second-order valence-corrected chi connectivity index (χ2v) is 14.1. The molecule has 0 spiro atoms. The average Bonchev–Trinajstić information content (AvgIpc) is 2.85. The maximum absolute atomic E-state index is 9.60. The van der Waals surface area contributed by atoms with Gasteiger partial charge in [-0.25, -0.2) is 0 Å². The molecule has 0 radical (unpaired) electrons. The number of halogens is 1. The zero-order chi connectivity index (χ0) is 18.8. The van der Waals surface area contributed by atoms with Crippen molar-refractivity contribution >= 4 is 25.6 Å². The Morgan fingerprint density at radius 2 is 2.00 bits per heavy atom. The van der Waals surface area contributed by atoms with Crippen molar-refractivity contribution in [2.24, 2.45) is 0 Å². The highest BCUT2D eigenvalue weighted by atomic mass is 35.5. The summed E-state index contributed by atoms with van der Waals surface area (Å²) in [6, 6.07) is 4.22. The van der Waals surface area contributed by atoms with Gasteiger partial charge in [-0.15, -0.1) is 0 Å². The number of aliphatic hydroxyl groups excluding tert-OH is 1. The molecule has 0 saturated heterocycles. The molecule has 1 atom stereocenters. The second kappa shape index (κ2) is 7.99. The van der Waals surface area contributed by atoms with Crippen LogP contribution in [0.15, 0.2) is 12.1 Å². The van der Waals surface area contributed by atoms with Crippen LogP contribution in [-0.4, -0.2) is 39.2 Å². The van der Waals surface area contributed by atoms with E-state index in [1.54, 1.807) is 0 Å². The van der Waals surface area contributed by atoms with E-state index in [0.29, 0.717) is 6.42 Å². The number of nitrogens with zero attached hydrogens (tertiary/aromatic N) is 1. The van der Waals surface area contributed by atoms with E-state index >= 15 is 0 Å². The van der Waals surface area contributed by atoms with Gasteiger partial charge in [0.05, 0.1) is 16.8 Å². The molecular formula is C20H34ClNO2Si.